The Bertz CT molecular complexity index is 1370. The van der Waals surface area contributed by atoms with Crippen LogP contribution in [0.25, 0.3) is 16.8 Å². The quantitative estimate of drug-likeness (QED) is 0.403. The maximum absolute atomic E-state index is 13.4. The normalized spacial score (nSPS) is 18.3. The van der Waals surface area contributed by atoms with E-state index in [1.165, 1.54) is 36.0 Å². The molecule has 4 aromatic rings. The molecule has 10 heteroatoms. The number of fused-ring (bicyclic) bond motifs is 3. The van der Waals surface area contributed by atoms with Crippen molar-refractivity contribution < 1.29 is 14.0 Å². The smallest absolute Gasteiger partial charge is 0.243 e. The van der Waals surface area contributed by atoms with Gasteiger partial charge in [-0.25, -0.2) is 4.39 Å². The lowest BCUT2D eigenvalue weighted by atomic mass is 9.97. The molecule has 2 aromatic carbocycles. The number of nitrogens with zero attached hydrogens (tertiary/aromatic N) is 5. The van der Waals surface area contributed by atoms with Crippen molar-refractivity contribution in [2.75, 3.05) is 11.1 Å². The maximum Gasteiger partial charge on any atom is 0.243 e. The minimum absolute atomic E-state index is 0.0730. The van der Waals surface area contributed by atoms with Crippen LogP contribution >= 0.6 is 11.8 Å². The third kappa shape index (κ3) is 4.62. The monoisotopic (exact) mass is 494 g/mol. The summed E-state index contributed by atoms with van der Waals surface area (Å²) < 4.78 is 16.9. The first-order valence-corrected chi connectivity index (χ1v) is 12.7. The molecule has 0 spiro atoms. The summed E-state index contributed by atoms with van der Waals surface area (Å²) in [5, 5.41) is 12.0. The minimum Gasteiger partial charge on any atom is -0.336 e. The Morgan fingerprint density at radius 3 is 2.43 bits per heavy atom. The lowest BCUT2D eigenvalue weighted by molar-refractivity contribution is -0.137. The maximum atomic E-state index is 13.4. The molecule has 1 fully saturated rings. The largest absolute Gasteiger partial charge is 0.336 e. The van der Waals surface area contributed by atoms with Crippen molar-refractivity contribution in [1.82, 2.24) is 24.1 Å². The molecule has 1 N–H and O–H groups in total. The van der Waals surface area contributed by atoms with Gasteiger partial charge in [-0.2, -0.15) is 0 Å². The number of anilines is 1. The zero-order chi connectivity index (χ0) is 24.5. The van der Waals surface area contributed by atoms with Gasteiger partial charge in [0, 0.05) is 17.8 Å². The molecule has 0 unspecified atom stereocenters. The lowest BCUT2D eigenvalue weighted by Crippen LogP contribution is -2.48. The molecule has 182 valence electrons. The van der Waals surface area contributed by atoms with Crippen LogP contribution < -0.4 is 5.32 Å². The van der Waals surface area contributed by atoms with Crippen LogP contribution in [-0.4, -0.2) is 53.7 Å². The van der Waals surface area contributed by atoms with E-state index in [-0.39, 0.29) is 42.0 Å². The van der Waals surface area contributed by atoms with E-state index in [1.54, 1.807) is 0 Å². The van der Waals surface area contributed by atoms with Crippen LogP contribution in [0.4, 0.5) is 10.1 Å². The van der Waals surface area contributed by atoms with Crippen molar-refractivity contribution in [1.29, 1.82) is 0 Å². The van der Waals surface area contributed by atoms with E-state index >= 15 is 0 Å². The Balaban J connectivity index is 1.39. The first kappa shape index (κ1) is 23.3. The minimum atomic E-state index is -0.359. The third-order valence-corrected chi connectivity index (χ3v) is 7.44. The average molecular weight is 495 g/mol. The average Bonchev–Trinajstić information content (AvgIpc) is 3.38. The second-order valence-corrected chi connectivity index (χ2v) is 9.91. The number of thioether (sulfide) groups is 1. The van der Waals surface area contributed by atoms with Gasteiger partial charge in [0.2, 0.25) is 17.6 Å². The topological polar surface area (TPSA) is 84.5 Å². The molecule has 1 aliphatic heterocycles. The number of hydrogen-bond acceptors (Lipinski definition) is 5. The van der Waals surface area contributed by atoms with Crippen LogP contribution in [0.15, 0.2) is 53.7 Å². The summed E-state index contributed by atoms with van der Waals surface area (Å²) in [5.41, 5.74) is 2.29. The van der Waals surface area contributed by atoms with E-state index in [0.29, 0.717) is 16.6 Å². The number of aromatic nitrogens is 4. The fraction of sp³-hybridized carbons (Fsp3) is 0.360. The Labute approximate surface area is 206 Å². The molecule has 8 nitrogen and oxygen atoms in total. The number of amides is 2. The SMILES string of the molecule is C[C@@H]1CCC[C@H](C)N1C(=O)Cn1c2ccccc2n2c(SCC(=O)Nc3ccc(F)cc3)nnc12. The highest BCUT2D eigenvalue weighted by Crippen LogP contribution is 2.28. The van der Waals surface area contributed by atoms with Crippen molar-refractivity contribution in [3.05, 3.63) is 54.3 Å². The molecular weight excluding hydrogens is 467 g/mol. The summed E-state index contributed by atoms with van der Waals surface area (Å²) in [5.74, 6) is 0.161. The number of benzene rings is 2. The number of imidazole rings is 1. The lowest BCUT2D eigenvalue weighted by Gasteiger charge is -2.39. The Hall–Kier alpha value is -3.40. The Kier molecular flexibility index (Phi) is 6.46. The molecule has 3 heterocycles. The Morgan fingerprint density at radius 1 is 1.03 bits per heavy atom. The summed E-state index contributed by atoms with van der Waals surface area (Å²) in [6, 6.07) is 13.9. The molecular formula is C25H27FN6O2S. The Morgan fingerprint density at radius 2 is 1.71 bits per heavy atom. The molecule has 0 radical (unpaired) electrons. The van der Waals surface area contributed by atoms with E-state index < -0.39 is 0 Å². The van der Waals surface area contributed by atoms with Crippen molar-refractivity contribution in [2.24, 2.45) is 0 Å². The molecule has 0 saturated carbocycles. The van der Waals surface area contributed by atoms with Crippen LogP contribution in [0.1, 0.15) is 33.1 Å². The molecule has 2 aromatic heterocycles. The van der Waals surface area contributed by atoms with Crippen molar-refractivity contribution in [3.8, 4) is 0 Å². The van der Waals surface area contributed by atoms with E-state index in [0.717, 1.165) is 30.3 Å². The van der Waals surface area contributed by atoms with Crippen molar-refractivity contribution in [3.63, 3.8) is 0 Å². The van der Waals surface area contributed by atoms with Gasteiger partial charge >= 0.3 is 0 Å². The van der Waals surface area contributed by atoms with Crippen LogP contribution in [-0.2, 0) is 16.1 Å². The third-order valence-electron chi connectivity index (χ3n) is 6.51. The zero-order valence-corrected chi connectivity index (χ0v) is 20.5. The summed E-state index contributed by atoms with van der Waals surface area (Å²) in [7, 11) is 0. The van der Waals surface area contributed by atoms with Crippen molar-refractivity contribution >= 4 is 46.1 Å². The number of hydrogen-bond donors (Lipinski definition) is 1. The van der Waals surface area contributed by atoms with Crippen LogP contribution in [0.2, 0.25) is 0 Å². The molecule has 1 aliphatic rings. The summed E-state index contributed by atoms with van der Waals surface area (Å²) in [6.45, 7) is 4.40. The first-order chi connectivity index (χ1) is 16.9. The fourth-order valence-electron chi connectivity index (χ4n) is 4.88. The molecule has 35 heavy (non-hydrogen) atoms. The van der Waals surface area contributed by atoms with Crippen LogP contribution in [0.3, 0.4) is 0 Å². The van der Waals surface area contributed by atoms with Gasteiger partial charge in [-0.1, -0.05) is 23.9 Å². The predicted octanol–water partition coefficient (Wildman–Crippen LogP) is 4.34. The first-order valence-electron chi connectivity index (χ1n) is 11.7. The van der Waals surface area contributed by atoms with Crippen LogP contribution in [0.5, 0.6) is 0 Å². The summed E-state index contributed by atoms with van der Waals surface area (Å²) >= 11 is 1.26. The number of para-hydroxylation sites is 2. The van der Waals surface area contributed by atoms with E-state index in [1.807, 2.05) is 38.1 Å². The molecule has 2 amide bonds. The predicted molar refractivity (Wildman–Crippen MR) is 134 cm³/mol. The van der Waals surface area contributed by atoms with Gasteiger partial charge in [0.25, 0.3) is 0 Å². The standard InChI is InChI=1S/C25H27FN6O2S/c1-16-6-5-7-17(2)31(16)23(34)14-30-20-8-3-4-9-21(20)32-24(30)28-29-25(32)35-15-22(33)27-19-12-10-18(26)11-13-19/h3-4,8-13,16-17H,5-7,14-15H2,1-2H3,(H,27,33)/t16-,17+. The van der Waals surface area contributed by atoms with E-state index in [4.69, 9.17) is 0 Å². The highest BCUT2D eigenvalue weighted by molar-refractivity contribution is 7.99. The van der Waals surface area contributed by atoms with Gasteiger partial charge in [0.1, 0.15) is 12.4 Å². The number of carbonyl (C=O) groups is 2. The van der Waals surface area contributed by atoms with Crippen LogP contribution in [0, 0.1) is 5.82 Å². The van der Waals surface area contributed by atoms with Crippen molar-refractivity contribution in [2.45, 2.75) is 56.9 Å². The van der Waals surface area contributed by atoms with Gasteiger partial charge in [-0.3, -0.25) is 18.6 Å². The van der Waals surface area contributed by atoms with Gasteiger partial charge in [-0.05, 0) is 69.5 Å². The molecule has 0 aliphatic carbocycles. The van der Waals surface area contributed by atoms with E-state index in [9.17, 15) is 14.0 Å². The second kappa shape index (κ2) is 9.69. The van der Waals surface area contributed by atoms with E-state index in [2.05, 4.69) is 29.4 Å². The molecule has 5 rings (SSSR count). The molecule has 1 saturated heterocycles. The second-order valence-electron chi connectivity index (χ2n) is 8.97. The summed E-state index contributed by atoms with van der Waals surface area (Å²) in [6.07, 6.45) is 3.18. The highest BCUT2D eigenvalue weighted by Gasteiger charge is 2.30. The van der Waals surface area contributed by atoms with Gasteiger partial charge in [0.05, 0.1) is 16.8 Å². The fourth-order valence-corrected chi connectivity index (χ4v) is 5.62. The molecule has 0 bridgehead atoms. The van der Waals surface area contributed by atoms with Gasteiger partial charge in [0.15, 0.2) is 5.16 Å². The van der Waals surface area contributed by atoms with Gasteiger partial charge < -0.3 is 10.2 Å². The number of rotatable bonds is 6. The molecule has 2 atom stereocenters. The highest BCUT2D eigenvalue weighted by atomic mass is 32.2. The van der Waals surface area contributed by atoms with Gasteiger partial charge in [-0.15, -0.1) is 10.2 Å². The zero-order valence-electron chi connectivity index (χ0n) is 19.6. The number of likely N-dealkylation sites (tertiary alicyclic amines) is 1. The summed E-state index contributed by atoms with van der Waals surface area (Å²) in [4.78, 5) is 27.8. The number of piperidine rings is 1. The number of nitrogens with one attached hydrogen (secondary N) is 1. The number of halogens is 1. The number of carbonyl (C=O) groups excluding carboxylic acids is 2.